The number of aliphatic hydroxyl groups is 1. The van der Waals surface area contributed by atoms with Gasteiger partial charge in [-0.2, -0.15) is 0 Å². The van der Waals surface area contributed by atoms with Crippen LogP contribution in [0.1, 0.15) is 278 Å². The normalized spacial score (nSPS) is 13.7. The molecule has 3 unspecified atom stereocenters. The second-order valence-electron chi connectivity index (χ2n) is 19.8. The summed E-state index contributed by atoms with van der Waals surface area (Å²) in [5, 5.41) is 9.80. The number of unbranched alkanes of at least 4 members (excludes halogenated alkanes) is 30. The predicted octanol–water partition coefficient (Wildman–Crippen LogP) is 17.4. The van der Waals surface area contributed by atoms with Gasteiger partial charge in [-0.25, -0.2) is 4.57 Å². The van der Waals surface area contributed by atoms with Crippen LogP contribution in [-0.4, -0.2) is 66.5 Å². The zero-order valence-electron chi connectivity index (χ0n) is 46.4. The first kappa shape index (κ1) is 69.4. The number of allylic oxidation sites excluding steroid dienone is 8. The first-order valence-electron chi connectivity index (χ1n) is 29.5. The molecule has 0 aromatic heterocycles. The third-order valence-electron chi connectivity index (χ3n) is 12.8. The van der Waals surface area contributed by atoms with Crippen molar-refractivity contribution in [2.75, 3.05) is 26.4 Å². The van der Waals surface area contributed by atoms with Crippen molar-refractivity contribution >= 4 is 25.7 Å². The Morgan fingerprint density at radius 1 is 0.403 bits per heavy atom. The van der Waals surface area contributed by atoms with Crippen molar-refractivity contribution in [2.24, 2.45) is 0 Å². The maximum absolute atomic E-state index is 12.9. The van der Waals surface area contributed by atoms with Crippen molar-refractivity contribution in [3.05, 3.63) is 48.6 Å². The number of aliphatic hydroxyl groups excluding tert-OH is 1. The highest BCUT2D eigenvalue weighted by atomic mass is 31.2. The van der Waals surface area contributed by atoms with E-state index in [4.69, 9.17) is 23.3 Å². The van der Waals surface area contributed by atoms with Gasteiger partial charge in [-0.1, -0.05) is 249 Å². The minimum atomic E-state index is -4.75. The van der Waals surface area contributed by atoms with Crippen LogP contribution in [0.4, 0.5) is 0 Å². The topological polar surface area (TPSA) is 155 Å². The fraction of sp³-hybridized carbons (Fsp3) is 0.817. The third kappa shape index (κ3) is 52.3. The van der Waals surface area contributed by atoms with Gasteiger partial charge in [-0.05, 0) is 57.8 Å². The zero-order valence-corrected chi connectivity index (χ0v) is 47.3. The van der Waals surface area contributed by atoms with Gasteiger partial charge in [0.15, 0.2) is 6.10 Å². The third-order valence-corrected chi connectivity index (χ3v) is 13.7. The minimum Gasteiger partial charge on any atom is -0.462 e. The Hall–Kier alpha value is -2.56. The number of carbonyl (C=O) groups is 3. The molecule has 0 aromatic carbocycles. The predicted molar refractivity (Wildman–Crippen MR) is 298 cm³/mol. The van der Waals surface area contributed by atoms with Crippen molar-refractivity contribution < 1.29 is 52.2 Å². The summed E-state index contributed by atoms with van der Waals surface area (Å²) in [5.74, 6) is -1.49. The van der Waals surface area contributed by atoms with E-state index in [1.54, 1.807) is 0 Å². The fourth-order valence-electron chi connectivity index (χ4n) is 8.29. The Morgan fingerprint density at radius 3 is 1.11 bits per heavy atom. The molecule has 0 saturated heterocycles. The molecule has 0 radical (unpaired) electrons. The van der Waals surface area contributed by atoms with Gasteiger partial charge in [-0.3, -0.25) is 23.4 Å². The van der Waals surface area contributed by atoms with E-state index >= 15 is 0 Å². The van der Waals surface area contributed by atoms with E-state index in [0.29, 0.717) is 19.3 Å². The fourth-order valence-corrected chi connectivity index (χ4v) is 9.07. The molecule has 0 rings (SSSR count). The molecular formula is C60H109O11P. The van der Waals surface area contributed by atoms with E-state index in [1.165, 1.54) is 141 Å². The summed E-state index contributed by atoms with van der Waals surface area (Å²) in [6, 6.07) is 0. The average Bonchev–Trinajstić information content (AvgIpc) is 3.37. The molecule has 420 valence electrons. The molecule has 0 bridgehead atoms. The summed E-state index contributed by atoms with van der Waals surface area (Å²) in [5.41, 5.74) is 0. The molecule has 0 heterocycles. The van der Waals surface area contributed by atoms with Crippen LogP contribution in [0.2, 0.25) is 0 Å². The average molecular weight is 1040 g/mol. The van der Waals surface area contributed by atoms with E-state index < -0.39 is 57.8 Å². The lowest BCUT2D eigenvalue weighted by atomic mass is 10.0. The van der Waals surface area contributed by atoms with Gasteiger partial charge in [0.25, 0.3) is 0 Å². The monoisotopic (exact) mass is 1040 g/mol. The van der Waals surface area contributed by atoms with Crippen molar-refractivity contribution in [2.45, 2.75) is 290 Å². The van der Waals surface area contributed by atoms with Crippen LogP contribution in [0.3, 0.4) is 0 Å². The number of hydrogen-bond donors (Lipinski definition) is 2. The molecule has 0 aromatic rings. The number of esters is 3. The summed E-state index contributed by atoms with van der Waals surface area (Å²) >= 11 is 0. The minimum absolute atomic E-state index is 0.127. The van der Waals surface area contributed by atoms with Gasteiger partial charge in [0.1, 0.15) is 12.7 Å². The largest absolute Gasteiger partial charge is 0.472 e. The second-order valence-corrected chi connectivity index (χ2v) is 21.2. The van der Waals surface area contributed by atoms with E-state index in [9.17, 15) is 28.9 Å². The molecule has 0 aliphatic rings. The Kier molecular flexibility index (Phi) is 52.7. The van der Waals surface area contributed by atoms with Gasteiger partial charge in [0, 0.05) is 19.3 Å². The number of hydrogen-bond acceptors (Lipinski definition) is 10. The molecular weight excluding hydrogens is 928 g/mol. The smallest absolute Gasteiger partial charge is 0.462 e. The molecule has 2 N–H and O–H groups in total. The first-order chi connectivity index (χ1) is 35.2. The Bertz CT molecular complexity index is 1400. The molecule has 0 aliphatic heterocycles. The van der Waals surface area contributed by atoms with Gasteiger partial charge >= 0.3 is 25.7 Å². The maximum atomic E-state index is 12.9. The van der Waals surface area contributed by atoms with E-state index in [-0.39, 0.29) is 25.9 Å². The van der Waals surface area contributed by atoms with Crippen LogP contribution < -0.4 is 0 Å². The van der Waals surface area contributed by atoms with Crippen molar-refractivity contribution in [3.8, 4) is 0 Å². The van der Waals surface area contributed by atoms with Crippen molar-refractivity contribution in [1.82, 2.24) is 0 Å². The van der Waals surface area contributed by atoms with E-state index in [1.807, 2.05) is 0 Å². The standard InChI is InChI=1S/C60H109O11P/c1-4-7-10-13-16-19-22-24-26-27-28-29-31-33-36-39-42-45-48-51-60(64)71-57(53-67-58(62)49-46-43-40-37-34-21-18-15-12-9-6-3)55-69-72(65,66)68-54-56(52-61)70-59(63)50-47-44-41-38-35-32-30-25-23-20-17-14-11-8-5-2/h8,11,17,20,25,30,35,38,56-57,61H,4-7,9-10,12-16,18-19,21-24,26-29,31-34,36-37,39-55H2,1-3H3,(H,65,66)/b11-8-,20-17-,30-25-,38-35-. The van der Waals surface area contributed by atoms with Crippen LogP contribution in [0.5, 0.6) is 0 Å². The Morgan fingerprint density at radius 2 is 0.722 bits per heavy atom. The molecule has 12 heteroatoms. The number of phosphoric acid groups is 1. The molecule has 0 amide bonds. The van der Waals surface area contributed by atoms with Crippen LogP contribution >= 0.6 is 7.82 Å². The summed E-state index contributed by atoms with van der Waals surface area (Å²) in [6.07, 6.45) is 57.9. The van der Waals surface area contributed by atoms with Gasteiger partial charge < -0.3 is 24.2 Å². The quantitative estimate of drug-likeness (QED) is 0.0197. The number of ether oxygens (including phenoxy) is 3. The highest BCUT2D eigenvalue weighted by molar-refractivity contribution is 7.47. The van der Waals surface area contributed by atoms with E-state index in [0.717, 1.165) is 77.0 Å². The van der Waals surface area contributed by atoms with E-state index in [2.05, 4.69) is 69.4 Å². The number of phosphoric ester groups is 1. The van der Waals surface area contributed by atoms with Crippen LogP contribution in [-0.2, 0) is 42.2 Å². The van der Waals surface area contributed by atoms with Gasteiger partial charge in [0.05, 0.1) is 19.8 Å². The Labute approximate surface area is 441 Å². The van der Waals surface area contributed by atoms with Gasteiger partial charge in [0.2, 0.25) is 0 Å². The van der Waals surface area contributed by atoms with Crippen LogP contribution in [0.15, 0.2) is 48.6 Å². The molecule has 3 atom stereocenters. The molecule has 0 spiro atoms. The molecule has 0 fully saturated rings. The Balaban J connectivity index is 4.67. The highest BCUT2D eigenvalue weighted by Gasteiger charge is 2.28. The van der Waals surface area contributed by atoms with Crippen LogP contribution in [0, 0.1) is 0 Å². The molecule has 0 saturated carbocycles. The summed E-state index contributed by atoms with van der Waals surface area (Å²) < 4.78 is 39.5. The van der Waals surface area contributed by atoms with Crippen molar-refractivity contribution in [1.29, 1.82) is 0 Å². The lowest BCUT2D eigenvalue weighted by Gasteiger charge is -2.21. The molecule has 11 nitrogen and oxygen atoms in total. The summed E-state index contributed by atoms with van der Waals surface area (Å²) in [7, 11) is -4.75. The molecule has 0 aliphatic carbocycles. The lowest BCUT2D eigenvalue weighted by molar-refractivity contribution is -0.161. The number of rotatable bonds is 55. The molecule has 72 heavy (non-hydrogen) atoms. The lowest BCUT2D eigenvalue weighted by Crippen LogP contribution is -2.30. The number of carbonyl (C=O) groups excluding carboxylic acids is 3. The van der Waals surface area contributed by atoms with Crippen molar-refractivity contribution in [3.63, 3.8) is 0 Å². The first-order valence-corrected chi connectivity index (χ1v) is 31.0. The van der Waals surface area contributed by atoms with Crippen LogP contribution in [0.25, 0.3) is 0 Å². The van der Waals surface area contributed by atoms with Gasteiger partial charge in [-0.15, -0.1) is 0 Å². The SMILES string of the molecule is CC/C=C\C/C=C\C/C=C\C/C=C\CCCCC(=O)OC(CO)COP(=O)(O)OCC(COC(=O)CCCCCCCCCCCCC)OC(=O)CCCCCCCCCCCCCCCCCCCCC. The summed E-state index contributed by atoms with van der Waals surface area (Å²) in [4.78, 5) is 48.5. The summed E-state index contributed by atoms with van der Waals surface area (Å²) in [6.45, 7) is 4.52. The second kappa shape index (κ2) is 54.7. The zero-order chi connectivity index (χ0) is 52.7. The maximum Gasteiger partial charge on any atom is 0.472 e. The highest BCUT2D eigenvalue weighted by Crippen LogP contribution is 2.43.